The summed E-state index contributed by atoms with van der Waals surface area (Å²) in [6, 6.07) is 3.21. The highest BCUT2D eigenvalue weighted by Gasteiger charge is 2.55. The lowest BCUT2D eigenvalue weighted by molar-refractivity contribution is -0.133. The zero-order valence-corrected chi connectivity index (χ0v) is 20.2. The number of nitrogens with one attached hydrogen (secondary N) is 1. The number of ketones is 2. The Morgan fingerprint density at radius 2 is 1.91 bits per heavy atom. The van der Waals surface area contributed by atoms with Crippen LogP contribution in [0.2, 0.25) is 0 Å². The van der Waals surface area contributed by atoms with E-state index in [0.717, 1.165) is 37.3 Å². The van der Waals surface area contributed by atoms with Crippen LogP contribution in [0, 0.1) is 6.92 Å². The third-order valence-corrected chi connectivity index (χ3v) is 7.21. The Bertz CT molecular complexity index is 913. The number of hydrogen-bond acceptors (Lipinski definition) is 6. The maximum Gasteiger partial charge on any atom is 0.221 e. The summed E-state index contributed by atoms with van der Waals surface area (Å²) in [5, 5.41) is 2.98. The molecule has 3 aliphatic rings. The van der Waals surface area contributed by atoms with Crippen LogP contribution in [0.4, 0.5) is 0 Å². The molecule has 1 N–H and O–H groups in total. The van der Waals surface area contributed by atoms with Crippen LogP contribution in [0.3, 0.4) is 0 Å². The Hall–Kier alpha value is -1.96. The SMILES string of the molecule is CC(=O)c1cc(C)cc2c1O[C@H]1[C@@H](NC(=O)CCN3CCN(C)CC3)C(=O)CC[C@@]21C.Cl. The van der Waals surface area contributed by atoms with Crippen LogP contribution in [0.1, 0.15) is 54.6 Å². The van der Waals surface area contributed by atoms with Crippen molar-refractivity contribution in [1.29, 1.82) is 0 Å². The summed E-state index contributed by atoms with van der Waals surface area (Å²) < 4.78 is 6.28. The van der Waals surface area contributed by atoms with Crippen LogP contribution in [-0.2, 0) is 15.0 Å². The molecule has 2 heterocycles. The number of rotatable bonds is 5. The molecule has 1 saturated carbocycles. The maximum atomic E-state index is 12.8. The Morgan fingerprint density at radius 1 is 1.22 bits per heavy atom. The monoisotopic (exact) mass is 463 g/mol. The lowest BCUT2D eigenvalue weighted by atomic mass is 9.67. The molecule has 2 fully saturated rings. The molecular weight excluding hydrogens is 430 g/mol. The molecule has 1 aromatic carbocycles. The number of piperazine rings is 1. The molecular formula is C24H34ClN3O4. The zero-order chi connectivity index (χ0) is 22.3. The topological polar surface area (TPSA) is 79.0 Å². The number of halogens is 1. The van der Waals surface area contributed by atoms with Crippen molar-refractivity contribution in [2.45, 2.75) is 57.6 Å². The molecule has 32 heavy (non-hydrogen) atoms. The minimum atomic E-state index is -0.689. The molecule has 0 radical (unpaired) electrons. The molecule has 1 amide bonds. The zero-order valence-electron chi connectivity index (χ0n) is 19.4. The lowest BCUT2D eigenvalue weighted by Gasteiger charge is -2.39. The van der Waals surface area contributed by atoms with Gasteiger partial charge in [-0.25, -0.2) is 0 Å². The van der Waals surface area contributed by atoms with Crippen molar-refractivity contribution in [3.8, 4) is 5.75 Å². The van der Waals surface area contributed by atoms with E-state index in [4.69, 9.17) is 4.74 Å². The van der Waals surface area contributed by atoms with Crippen LogP contribution in [0.25, 0.3) is 0 Å². The second-order valence-corrected chi connectivity index (χ2v) is 9.61. The largest absolute Gasteiger partial charge is 0.486 e. The van der Waals surface area contributed by atoms with Gasteiger partial charge in [0.1, 0.15) is 17.9 Å². The van der Waals surface area contributed by atoms with Crippen LogP contribution in [0.15, 0.2) is 12.1 Å². The van der Waals surface area contributed by atoms with Gasteiger partial charge in [-0.15, -0.1) is 12.4 Å². The van der Waals surface area contributed by atoms with E-state index in [1.165, 1.54) is 6.92 Å². The first kappa shape index (κ1) is 24.7. The standard InChI is InChI=1S/C24H33N3O4.ClH/c1-15-13-17(16(2)28)22-18(14-15)24(3)7-5-19(29)21(23(24)31-22)25-20(30)6-8-27-11-9-26(4)10-12-27;/h13-14,21,23H,5-12H2,1-4H3,(H,25,30);1H/t21-,23-,24-;/m0./s1. The van der Waals surface area contributed by atoms with E-state index in [1.54, 1.807) is 0 Å². The highest BCUT2D eigenvalue weighted by Crippen LogP contribution is 2.51. The number of hydrogen-bond donors (Lipinski definition) is 1. The van der Waals surface area contributed by atoms with Crippen molar-refractivity contribution in [2.75, 3.05) is 39.8 Å². The van der Waals surface area contributed by atoms with Crippen LogP contribution < -0.4 is 10.1 Å². The minimum Gasteiger partial charge on any atom is -0.486 e. The van der Waals surface area contributed by atoms with Gasteiger partial charge in [-0.2, -0.15) is 0 Å². The molecule has 1 saturated heterocycles. The smallest absolute Gasteiger partial charge is 0.221 e. The molecule has 1 aromatic rings. The number of carbonyl (C=O) groups excluding carboxylic acids is 3. The van der Waals surface area contributed by atoms with Crippen LogP contribution >= 0.6 is 12.4 Å². The molecule has 0 bridgehead atoms. The van der Waals surface area contributed by atoms with Crippen molar-refractivity contribution in [2.24, 2.45) is 0 Å². The van der Waals surface area contributed by atoms with Crippen LogP contribution in [-0.4, -0.2) is 79.2 Å². The number of likely N-dealkylation sites (N-methyl/N-ethyl adjacent to an activating group) is 1. The fraction of sp³-hybridized carbons (Fsp3) is 0.625. The van der Waals surface area contributed by atoms with E-state index < -0.39 is 17.6 Å². The van der Waals surface area contributed by atoms with Gasteiger partial charge < -0.3 is 19.9 Å². The van der Waals surface area contributed by atoms with Crippen molar-refractivity contribution in [1.82, 2.24) is 15.1 Å². The van der Waals surface area contributed by atoms with Crippen molar-refractivity contribution in [3.63, 3.8) is 0 Å². The van der Waals surface area contributed by atoms with Gasteiger partial charge in [0.05, 0.1) is 5.56 Å². The fourth-order valence-electron chi connectivity index (χ4n) is 5.15. The first-order valence-electron chi connectivity index (χ1n) is 11.2. The van der Waals surface area contributed by atoms with Gasteiger partial charge in [0, 0.05) is 56.5 Å². The molecule has 0 aromatic heterocycles. The number of amides is 1. The van der Waals surface area contributed by atoms with Crippen molar-refractivity contribution < 1.29 is 19.1 Å². The third kappa shape index (κ3) is 4.56. The maximum absolute atomic E-state index is 12.8. The number of nitrogens with zero attached hydrogens (tertiary/aromatic N) is 2. The second-order valence-electron chi connectivity index (χ2n) is 9.61. The summed E-state index contributed by atoms with van der Waals surface area (Å²) in [6.45, 7) is 10.2. The highest BCUT2D eigenvalue weighted by molar-refractivity contribution is 5.98. The van der Waals surface area contributed by atoms with Crippen molar-refractivity contribution >= 4 is 29.9 Å². The normalized spacial score (nSPS) is 27.7. The number of carbonyl (C=O) groups is 3. The molecule has 7 nitrogen and oxygen atoms in total. The molecule has 4 rings (SSSR count). The van der Waals surface area contributed by atoms with Gasteiger partial charge in [0.2, 0.25) is 5.91 Å². The molecule has 3 atom stereocenters. The van der Waals surface area contributed by atoms with Gasteiger partial charge in [-0.05, 0) is 38.9 Å². The highest BCUT2D eigenvalue weighted by atomic mass is 35.5. The summed E-state index contributed by atoms with van der Waals surface area (Å²) in [6.07, 6.45) is 0.915. The summed E-state index contributed by atoms with van der Waals surface area (Å²) >= 11 is 0. The fourth-order valence-corrected chi connectivity index (χ4v) is 5.15. The number of aryl methyl sites for hydroxylation is 1. The van der Waals surface area contributed by atoms with Gasteiger partial charge in [-0.1, -0.05) is 13.0 Å². The first-order valence-corrected chi connectivity index (χ1v) is 11.2. The molecule has 176 valence electrons. The van der Waals surface area contributed by atoms with Crippen LogP contribution in [0.5, 0.6) is 5.75 Å². The summed E-state index contributed by atoms with van der Waals surface area (Å²) in [4.78, 5) is 42.4. The van der Waals surface area contributed by atoms with Gasteiger partial charge in [-0.3, -0.25) is 14.4 Å². The first-order chi connectivity index (χ1) is 14.7. The van der Waals surface area contributed by atoms with E-state index >= 15 is 0 Å². The number of fused-ring (bicyclic) bond motifs is 3. The Kier molecular flexibility index (Phi) is 7.32. The van der Waals surface area contributed by atoms with Gasteiger partial charge >= 0.3 is 0 Å². The Morgan fingerprint density at radius 3 is 2.56 bits per heavy atom. The summed E-state index contributed by atoms with van der Waals surface area (Å²) in [5.41, 5.74) is 2.12. The Balaban J connectivity index is 0.00000289. The predicted molar refractivity (Wildman–Crippen MR) is 125 cm³/mol. The number of Topliss-reactive ketones (excluding diaryl/α,β-unsaturated/α-hetero) is 2. The van der Waals surface area contributed by atoms with E-state index in [0.29, 0.717) is 37.1 Å². The molecule has 0 spiro atoms. The molecule has 0 unspecified atom stereocenters. The van der Waals surface area contributed by atoms with E-state index in [-0.39, 0.29) is 29.9 Å². The van der Waals surface area contributed by atoms with E-state index in [9.17, 15) is 14.4 Å². The van der Waals surface area contributed by atoms with Gasteiger partial charge in [0.15, 0.2) is 11.6 Å². The molecule has 1 aliphatic carbocycles. The Labute approximate surface area is 196 Å². The van der Waals surface area contributed by atoms with E-state index in [1.807, 2.05) is 13.0 Å². The second kappa shape index (κ2) is 9.49. The third-order valence-electron chi connectivity index (χ3n) is 7.21. The molecule has 2 aliphatic heterocycles. The lowest BCUT2D eigenvalue weighted by Crippen LogP contribution is -2.59. The quantitative estimate of drug-likeness (QED) is 0.674. The summed E-state index contributed by atoms with van der Waals surface area (Å²) in [7, 11) is 2.11. The average Bonchev–Trinajstić information content (AvgIpc) is 3.02. The predicted octanol–water partition coefficient (Wildman–Crippen LogP) is 2.12. The summed E-state index contributed by atoms with van der Waals surface area (Å²) in [5.74, 6) is 0.409. The number of ether oxygens (including phenoxy) is 1. The molecule has 8 heteroatoms. The average molecular weight is 464 g/mol. The van der Waals surface area contributed by atoms with Gasteiger partial charge in [0.25, 0.3) is 0 Å². The number of benzene rings is 1. The minimum absolute atomic E-state index is 0. The van der Waals surface area contributed by atoms with E-state index in [2.05, 4.69) is 35.2 Å². The van der Waals surface area contributed by atoms with Crippen molar-refractivity contribution in [3.05, 3.63) is 28.8 Å².